The molecule has 0 aliphatic heterocycles. The highest BCUT2D eigenvalue weighted by molar-refractivity contribution is 14.0. The Morgan fingerprint density at radius 3 is 2.20 bits per heavy atom. The van der Waals surface area contributed by atoms with Crippen molar-refractivity contribution in [1.29, 1.82) is 0 Å². The van der Waals surface area contributed by atoms with Gasteiger partial charge in [-0.15, -0.1) is 24.0 Å². The van der Waals surface area contributed by atoms with Gasteiger partial charge >= 0.3 is 0 Å². The Kier molecular flexibility index (Phi) is 13.5. The number of carbonyl (C=O) groups excluding carboxylic acids is 1. The number of hydrogen-bond acceptors (Lipinski definition) is 4. The van der Waals surface area contributed by atoms with Crippen LogP contribution in [0.3, 0.4) is 0 Å². The van der Waals surface area contributed by atoms with Gasteiger partial charge in [0.2, 0.25) is 15.9 Å². The number of guanidine groups is 1. The van der Waals surface area contributed by atoms with Gasteiger partial charge < -0.3 is 16.0 Å². The molecule has 0 aromatic heterocycles. The van der Waals surface area contributed by atoms with Gasteiger partial charge in [0.25, 0.3) is 0 Å². The van der Waals surface area contributed by atoms with Crippen molar-refractivity contribution in [2.75, 3.05) is 39.0 Å². The Hall–Kier alpha value is -0.620. The van der Waals surface area contributed by atoms with Crippen LogP contribution in [0.1, 0.15) is 41.0 Å². The van der Waals surface area contributed by atoms with E-state index < -0.39 is 10.0 Å². The second-order valence-electron chi connectivity index (χ2n) is 6.53. The molecule has 0 aromatic carbocycles. The quantitative estimate of drug-likeness (QED) is 0.191. The first-order valence-electron chi connectivity index (χ1n) is 8.28. The van der Waals surface area contributed by atoms with E-state index in [1.165, 1.54) is 10.6 Å². The third-order valence-corrected chi connectivity index (χ3v) is 4.32. The number of halogens is 1. The summed E-state index contributed by atoms with van der Waals surface area (Å²) < 4.78 is 24.4. The van der Waals surface area contributed by atoms with E-state index in [0.29, 0.717) is 38.6 Å². The molecule has 0 radical (unpaired) electrons. The molecular formula is C15H34IN5O3S. The molecule has 3 N–H and O–H groups in total. The summed E-state index contributed by atoms with van der Waals surface area (Å²) in [6.45, 7) is 11.7. The summed E-state index contributed by atoms with van der Waals surface area (Å²) >= 11 is 0. The monoisotopic (exact) mass is 491 g/mol. The van der Waals surface area contributed by atoms with Crippen LogP contribution in [0.2, 0.25) is 0 Å². The van der Waals surface area contributed by atoms with Gasteiger partial charge in [0.05, 0.1) is 6.26 Å². The fraction of sp³-hybridized carbons (Fsp3) is 0.867. The van der Waals surface area contributed by atoms with Crippen LogP contribution < -0.4 is 16.0 Å². The number of nitrogens with zero attached hydrogens (tertiary/aromatic N) is 2. The van der Waals surface area contributed by atoms with E-state index in [4.69, 9.17) is 0 Å². The first-order valence-corrected chi connectivity index (χ1v) is 10.1. The molecule has 0 aliphatic rings. The summed E-state index contributed by atoms with van der Waals surface area (Å²) in [4.78, 5) is 16.0. The third-order valence-electron chi connectivity index (χ3n) is 2.94. The number of amides is 1. The highest BCUT2D eigenvalue weighted by Gasteiger charge is 2.14. The number of sulfonamides is 1. The lowest BCUT2D eigenvalue weighted by atomic mass is 10.1. The molecule has 25 heavy (non-hydrogen) atoms. The smallest absolute Gasteiger partial charge is 0.242 e. The van der Waals surface area contributed by atoms with Crippen LogP contribution in [0.25, 0.3) is 0 Å². The number of rotatable bonds is 9. The van der Waals surface area contributed by atoms with Crippen LogP contribution >= 0.6 is 24.0 Å². The Morgan fingerprint density at radius 1 is 1.16 bits per heavy atom. The fourth-order valence-electron chi connectivity index (χ4n) is 1.97. The molecule has 0 unspecified atom stereocenters. The van der Waals surface area contributed by atoms with Gasteiger partial charge in [0.15, 0.2) is 5.96 Å². The van der Waals surface area contributed by atoms with E-state index in [0.717, 1.165) is 0 Å². The van der Waals surface area contributed by atoms with Gasteiger partial charge in [-0.1, -0.05) is 6.92 Å². The van der Waals surface area contributed by atoms with Crippen molar-refractivity contribution in [2.24, 2.45) is 4.99 Å². The van der Waals surface area contributed by atoms with Crippen LogP contribution in [0.4, 0.5) is 0 Å². The molecule has 0 bridgehead atoms. The summed E-state index contributed by atoms with van der Waals surface area (Å²) in [5.41, 5.74) is -0.284. The van der Waals surface area contributed by atoms with E-state index in [2.05, 4.69) is 20.9 Å². The zero-order valence-electron chi connectivity index (χ0n) is 16.2. The number of hydrogen-bond donors (Lipinski definition) is 3. The average Bonchev–Trinajstić information content (AvgIpc) is 2.41. The molecule has 0 aromatic rings. The largest absolute Gasteiger partial charge is 0.357 e. The summed E-state index contributed by atoms with van der Waals surface area (Å²) in [5.74, 6) is 0.401. The summed E-state index contributed by atoms with van der Waals surface area (Å²) in [6, 6.07) is 0. The third kappa shape index (κ3) is 14.3. The fourth-order valence-corrected chi connectivity index (χ4v) is 2.90. The van der Waals surface area contributed by atoms with E-state index in [9.17, 15) is 13.2 Å². The van der Waals surface area contributed by atoms with E-state index in [-0.39, 0.29) is 42.0 Å². The molecule has 8 nitrogen and oxygen atoms in total. The van der Waals surface area contributed by atoms with Crippen molar-refractivity contribution < 1.29 is 13.2 Å². The molecule has 0 atom stereocenters. The van der Waals surface area contributed by atoms with Crippen molar-refractivity contribution in [1.82, 2.24) is 20.3 Å². The Bertz CT molecular complexity index is 518. The minimum atomic E-state index is -3.16. The van der Waals surface area contributed by atoms with Crippen molar-refractivity contribution in [2.45, 2.75) is 46.6 Å². The predicted octanol–water partition coefficient (Wildman–Crippen LogP) is 0.746. The highest BCUT2D eigenvalue weighted by atomic mass is 127. The maximum absolute atomic E-state index is 11.8. The van der Waals surface area contributed by atoms with Gasteiger partial charge in [-0.3, -0.25) is 4.79 Å². The average molecular weight is 491 g/mol. The topological polar surface area (TPSA) is 103 Å². The van der Waals surface area contributed by atoms with Gasteiger partial charge in [-0.05, 0) is 34.1 Å². The van der Waals surface area contributed by atoms with Crippen LogP contribution in [-0.2, 0) is 14.8 Å². The second kappa shape index (κ2) is 12.7. The number of aliphatic imine (C=N–C) groups is 1. The maximum Gasteiger partial charge on any atom is 0.242 e. The Balaban J connectivity index is 0. The van der Waals surface area contributed by atoms with Crippen molar-refractivity contribution >= 4 is 45.9 Å². The van der Waals surface area contributed by atoms with Crippen molar-refractivity contribution in [3.63, 3.8) is 0 Å². The van der Waals surface area contributed by atoms with Gasteiger partial charge in [0, 0.05) is 31.7 Å². The minimum absolute atomic E-state index is 0. The van der Waals surface area contributed by atoms with E-state index in [1.807, 2.05) is 34.6 Å². The highest BCUT2D eigenvalue weighted by Crippen LogP contribution is 1.99. The number of carbonyl (C=O) groups is 1. The lowest BCUT2D eigenvalue weighted by Crippen LogP contribution is -2.43. The van der Waals surface area contributed by atoms with Crippen LogP contribution in [-0.4, -0.2) is 69.1 Å². The molecular weight excluding hydrogens is 457 g/mol. The maximum atomic E-state index is 11.8. The standard InChI is InChI=1S/C15H33N5O3S.HI/c1-7-16-14(18-12-13(21)19-15(3,4)5)17-10-9-11-20(8-2)24(6,22)23;/h7-12H2,1-6H3,(H,19,21)(H2,16,17,18);1H. The number of nitrogens with one attached hydrogen (secondary N) is 3. The summed E-state index contributed by atoms with van der Waals surface area (Å²) in [7, 11) is -3.16. The van der Waals surface area contributed by atoms with Gasteiger partial charge in [-0.25, -0.2) is 17.7 Å². The summed E-state index contributed by atoms with van der Waals surface area (Å²) in [5, 5.41) is 9.02. The molecule has 10 heteroatoms. The Labute approximate surface area is 169 Å². The zero-order valence-corrected chi connectivity index (χ0v) is 19.3. The van der Waals surface area contributed by atoms with Gasteiger partial charge in [-0.2, -0.15) is 0 Å². The second-order valence-corrected chi connectivity index (χ2v) is 8.51. The van der Waals surface area contributed by atoms with Crippen molar-refractivity contribution in [3.8, 4) is 0 Å². The normalized spacial score (nSPS) is 12.5. The van der Waals surface area contributed by atoms with Crippen LogP contribution in [0.5, 0.6) is 0 Å². The lowest BCUT2D eigenvalue weighted by Gasteiger charge is -2.20. The van der Waals surface area contributed by atoms with Gasteiger partial charge in [0.1, 0.15) is 6.54 Å². The SMILES string of the molecule is CCNC(=NCC(=O)NC(C)(C)C)NCCCN(CC)S(C)(=O)=O.I. The van der Waals surface area contributed by atoms with Crippen LogP contribution in [0, 0.1) is 0 Å². The molecule has 1 amide bonds. The summed E-state index contributed by atoms with van der Waals surface area (Å²) in [6.07, 6.45) is 1.86. The molecule has 150 valence electrons. The first kappa shape index (κ1) is 26.6. The minimum Gasteiger partial charge on any atom is -0.357 e. The van der Waals surface area contributed by atoms with E-state index >= 15 is 0 Å². The molecule has 0 saturated carbocycles. The Morgan fingerprint density at radius 2 is 1.76 bits per heavy atom. The molecule has 0 aliphatic carbocycles. The zero-order chi connectivity index (χ0) is 18.8. The first-order chi connectivity index (χ1) is 11.0. The van der Waals surface area contributed by atoms with E-state index in [1.54, 1.807) is 0 Å². The molecule has 0 saturated heterocycles. The van der Waals surface area contributed by atoms with Crippen LogP contribution in [0.15, 0.2) is 4.99 Å². The predicted molar refractivity (Wildman–Crippen MR) is 114 cm³/mol. The molecule has 0 fully saturated rings. The molecule has 0 spiro atoms. The molecule has 0 heterocycles. The van der Waals surface area contributed by atoms with Crippen molar-refractivity contribution in [3.05, 3.63) is 0 Å². The lowest BCUT2D eigenvalue weighted by molar-refractivity contribution is -0.121. The molecule has 0 rings (SSSR count).